The SMILES string of the molecule is COc1nc(C2=NC(c3cn(C)c4ccc(F)cc34)CON2)ccc1-n1ccnc1C. The number of aromatic nitrogens is 4. The second kappa shape index (κ2) is 7.51. The zero-order valence-corrected chi connectivity index (χ0v) is 17.3. The van der Waals surface area contributed by atoms with Gasteiger partial charge >= 0.3 is 0 Å². The number of hydrogen-bond donors (Lipinski definition) is 1. The fourth-order valence-electron chi connectivity index (χ4n) is 3.88. The van der Waals surface area contributed by atoms with Gasteiger partial charge in [0.05, 0.1) is 7.11 Å². The van der Waals surface area contributed by atoms with Gasteiger partial charge in [0.1, 0.15) is 35.7 Å². The summed E-state index contributed by atoms with van der Waals surface area (Å²) in [5.41, 5.74) is 6.04. The van der Waals surface area contributed by atoms with Crippen molar-refractivity contribution in [2.45, 2.75) is 13.0 Å². The van der Waals surface area contributed by atoms with Crippen LogP contribution in [-0.2, 0) is 11.9 Å². The average molecular weight is 420 g/mol. The predicted octanol–water partition coefficient (Wildman–Crippen LogP) is 3.24. The molecule has 1 unspecified atom stereocenters. The molecule has 0 amide bonds. The van der Waals surface area contributed by atoms with Crippen LogP contribution in [0, 0.1) is 12.7 Å². The van der Waals surface area contributed by atoms with E-state index in [0.29, 0.717) is 24.0 Å². The molecule has 9 heteroatoms. The molecule has 0 aliphatic carbocycles. The van der Waals surface area contributed by atoms with Crippen LogP contribution in [0.1, 0.15) is 23.1 Å². The second-order valence-electron chi connectivity index (χ2n) is 7.33. The first kappa shape index (κ1) is 19.3. The summed E-state index contributed by atoms with van der Waals surface area (Å²) in [6.07, 6.45) is 5.54. The lowest BCUT2D eigenvalue weighted by Gasteiger charge is -2.22. The number of aryl methyl sites for hydroxylation is 2. The molecule has 0 saturated carbocycles. The van der Waals surface area contributed by atoms with Crippen LogP contribution in [0.25, 0.3) is 16.6 Å². The summed E-state index contributed by atoms with van der Waals surface area (Å²) in [5, 5.41) is 0.817. The number of nitrogens with zero attached hydrogens (tertiary/aromatic N) is 5. The highest BCUT2D eigenvalue weighted by Crippen LogP contribution is 2.31. The summed E-state index contributed by atoms with van der Waals surface area (Å²) in [4.78, 5) is 19.3. The lowest BCUT2D eigenvalue weighted by Crippen LogP contribution is -2.33. The number of aliphatic imine (C=N–C) groups is 1. The third-order valence-corrected chi connectivity index (χ3v) is 5.40. The van der Waals surface area contributed by atoms with Gasteiger partial charge in [0.25, 0.3) is 0 Å². The van der Waals surface area contributed by atoms with Gasteiger partial charge in [0.2, 0.25) is 5.88 Å². The van der Waals surface area contributed by atoms with E-state index in [9.17, 15) is 4.39 Å². The molecule has 31 heavy (non-hydrogen) atoms. The highest BCUT2D eigenvalue weighted by Gasteiger charge is 2.24. The number of hydroxylamine groups is 1. The molecular formula is C22H21FN6O2. The summed E-state index contributed by atoms with van der Waals surface area (Å²) in [5.74, 6) is 1.47. The molecule has 1 N–H and O–H groups in total. The zero-order valence-electron chi connectivity index (χ0n) is 17.3. The third kappa shape index (κ3) is 3.32. The topological polar surface area (TPSA) is 78.5 Å². The number of hydrogen-bond acceptors (Lipinski definition) is 6. The Morgan fingerprint density at radius 2 is 2.13 bits per heavy atom. The molecule has 1 aliphatic heterocycles. The Morgan fingerprint density at radius 3 is 2.90 bits per heavy atom. The molecule has 1 aromatic carbocycles. The van der Waals surface area contributed by atoms with Crippen molar-refractivity contribution < 1.29 is 14.0 Å². The Bertz CT molecular complexity index is 1310. The maximum Gasteiger partial charge on any atom is 0.238 e. The predicted molar refractivity (Wildman–Crippen MR) is 114 cm³/mol. The first-order chi connectivity index (χ1) is 15.0. The normalized spacial score (nSPS) is 16.3. The molecule has 0 bridgehead atoms. The minimum Gasteiger partial charge on any atom is -0.479 e. The molecule has 5 rings (SSSR count). The maximum absolute atomic E-state index is 13.9. The van der Waals surface area contributed by atoms with Gasteiger partial charge < -0.3 is 9.30 Å². The average Bonchev–Trinajstić information content (AvgIpc) is 3.36. The molecular weight excluding hydrogens is 399 g/mol. The summed E-state index contributed by atoms with van der Waals surface area (Å²) in [6, 6.07) is 8.20. The van der Waals surface area contributed by atoms with Gasteiger partial charge in [0, 0.05) is 42.1 Å². The van der Waals surface area contributed by atoms with E-state index in [2.05, 4.69) is 15.4 Å². The highest BCUT2D eigenvalue weighted by atomic mass is 19.1. The van der Waals surface area contributed by atoms with E-state index in [1.165, 1.54) is 12.1 Å². The smallest absolute Gasteiger partial charge is 0.238 e. The number of rotatable bonds is 4. The maximum atomic E-state index is 13.9. The number of ether oxygens (including phenoxy) is 1. The number of imidazole rings is 1. The zero-order chi connectivity index (χ0) is 21.5. The molecule has 8 nitrogen and oxygen atoms in total. The number of halogens is 1. The standard InChI is InChI=1S/C22H21FN6O2/c1-13-24-8-9-29(13)20-7-5-17(26-22(20)30-3)21-25-18(12-31-27-21)16-11-28(2)19-6-4-14(23)10-15(16)19/h4-11,18H,12H2,1-3H3,(H,25,27). The number of methoxy groups -OCH3 is 1. The monoisotopic (exact) mass is 420 g/mol. The van der Waals surface area contributed by atoms with Crippen molar-refractivity contribution in [2.24, 2.45) is 12.0 Å². The van der Waals surface area contributed by atoms with E-state index < -0.39 is 0 Å². The van der Waals surface area contributed by atoms with Gasteiger partial charge in [-0.3, -0.25) is 14.4 Å². The second-order valence-corrected chi connectivity index (χ2v) is 7.33. The van der Waals surface area contributed by atoms with Gasteiger partial charge in [-0.15, -0.1) is 0 Å². The van der Waals surface area contributed by atoms with Crippen molar-refractivity contribution >= 4 is 16.7 Å². The van der Waals surface area contributed by atoms with Gasteiger partial charge in [-0.1, -0.05) is 0 Å². The third-order valence-electron chi connectivity index (χ3n) is 5.40. The number of benzene rings is 1. The molecule has 0 fully saturated rings. The molecule has 3 aromatic heterocycles. The Balaban J connectivity index is 1.54. The Kier molecular flexibility index (Phi) is 4.67. The summed E-state index contributed by atoms with van der Waals surface area (Å²) in [6.45, 7) is 2.23. The molecule has 0 radical (unpaired) electrons. The van der Waals surface area contributed by atoms with Crippen LogP contribution in [0.4, 0.5) is 4.39 Å². The van der Waals surface area contributed by atoms with Crippen molar-refractivity contribution in [1.82, 2.24) is 24.6 Å². The first-order valence-corrected chi connectivity index (χ1v) is 9.81. The Morgan fingerprint density at radius 1 is 1.26 bits per heavy atom. The number of pyridine rings is 1. The summed E-state index contributed by atoms with van der Waals surface area (Å²) >= 11 is 0. The fourth-order valence-corrected chi connectivity index (χ4v) is 3.88. The highest BCUT2D eigenvalue weighted by molar-refractivity contribution is 5.97. The van der Waals surface area contributed by atoms with Gasteiger partial charge in [0.15, 0.2) is 5.84 Å². The summed E-state index contributed by atoms with van der Waals surface area (Å²) in [7, 11) is 3.50. The quantitative estimate of drug-likeness (QED) is 0.548. The van der Waals surface area contributed by atoms with Crippen LogP contribution in [0.2, 0.25) is 0 Å². The van der Waals surface area contributed by atoms with Crippen molar-refractivity contribution in [3.8, 4) is 11.6 Å². The minimum atomic E-state index is -0.301. The molecule has 0 spiro atoms. The molecule has 158 valence electrons. The van der Waals surface area contributed by atoms with Crippen LogP contribution >= 0.6 is 0 Å². The lowest BCUT2D eigenvalue weighted by molar-refractivity contribution is 0.0623. The van der Waals surface area contributed by atoms with Crippen molar-refractivity contribution in [3.63, 3.8) is 0 Å². The van der Waals surface area contributed by atoms with E-state index in [1.807, 2.05) is 47.6 Å². The number of fused-ring (bicyclic) bond motifs is 1. The van der Waals surface area contributed by atoms with E-state index in [-0.39, 0.29) is 11.9 Å². The largest absolute Gasteiger partial charge is 0.479 e. The van der Waals surface area contributed by atoms with Crippen LogP contribution in [-0.4, -0.2) is 38.7 Å². The minimum absolute atomic E-state index is 0.282. The fraction of sp³-hybridized carbons (Fsp3) is 0.227. The van der Waals surface area contributed by atoms with E-state index >= 15 is 0 Å². The van der Waals surface area contributed by atoms with Crippen molar-refractivity contribution in [1.29, 1.82) is 0 Å². The lowest BCUT2D eigenvalue weighted by atomic mass is 10.1. The van der Waals surface area contributed by atoms with Crippen molar-refractivity contribution in [3.05, 3.63) is 71.8 Å². The van der Waals surface area contributed by atoms with Gasteiger partial charge in [-0.25, -0.2) is 19.8 Å². The van der Waals surface area contributed by atoms with Gasteiger partial charge in [-0.2, -0.15) is 0 Å². The number of nitrogens with one attached hydrogen (secondary N) is 1. The molecule has 1 atom stereocenters. The Hall–Kier alpha value is -3.72. The number of amidine groups is 1. The van der Waals surface area contributed by atoms with Crippen LogP contribution in [0.15, 0.2) is 53.9 Å². The molecule has 0 saturated heterocycles. The van der Waals surface area contributed by atoms with E-state index in [1.54, 1.807) is 19.4 Å². The van der Waals surface area contributed by atoms with Crippen LogP contribution < -0.4 is 10.2 Å². The van der Waals surface area contributed by atoms with E-state index in [4.69, 9.17) is 14.6 Å². The summed E-state index contributed by atoms with van der Waals surface area (Å²) < 4.78 is 23.3. The van der Waals surface area contributed by atoms with Crippen LogP contribution in [0.3, 0.4) is 0 Å². The molecule has 1 aliphatic rings. The van der Waals surface area contributed by atoms with E-state index in [0.717, 1.165) is 28.0 Å². The Labute approximate surface area is 177 Å². The first-order valence-electron chi connectivity index (χ1n) is 9.81. The molecule has 4 aromatic rings. The van der Waals surface area contributed by atoms with Crippen LogP contribution in [0.5, 0.6) is 5.88 Å². The van der Waals surface area contributed by atoms with Gasteiger partial charge in [-0.05, 0) is 37.3 Å². The molecule has 4 heterocycles. The van der Waals surface area contributed by atoms with Crippen molar-refractivity contribution in [2.75, 3.05) is 13.7 Å².